The summed E-state index contributed by atoms with van der Waals surface area (Å²) in [5, 5.41) is 11.0. The third kappa shape index (κ3) is 2.65. The van der Waals surface area contributed by atoms with Crippen LogP contribution < -0.4 is 4.74 Å². The zero-order valence-corrected chi connectivity index (χ0v) is 9.94. The molecule has 0 amide bonds. The summed E-state index contributed by atoms with van der Waals surface area (Å²) in [6.45, 7) is 2.74. The SMILES string of the molecule is CCOc1ccc(Cn2ccnc2)c([N+](=O)[O-])c1. The minimum Gasteiger partial charge on any atom is -0.494 e. The van der Waals surface area contributed by atoms with Crippen LogP contribution in [-0.2, 0) is 6.54 Å². The number of hydrogen-bond acceptors (Lipinski definition) is 4. The molecule has 1 heterocycles. The molecule has 1 aromatic heterocycles. The third-order valence-electron chi connectivity index (χ3n) is 2.48. The zero-order valence-electron chi connectivity index (χ0n) is 9.94. The van der Waals surface area contributed by atoms with E-state index in [4.69, 9.17) is 4.74 Å². The fourth-order valence-electron chi connectivity index (χ4n) is 1.68. The largest absolute Gasteiger partial charge is 0.494 e. The van der Waals surface area contributed by atoms with Gasteiger partial charge in [0.2, 0.25) is 0 Å². The Kier molecular flexibility index (Phi) is 3.57. The molecule has 2 aromatic rings. The topological polar surface area (TPSA) is 70.2 Å². The van der Waals surface area contributed by atoms with Crippen molar-refractivity contribution in [3.8, 4) is 5.75 Å². The molecular formula is C12H13N3O3. The molecule has 2 rings (SSSR count). The third-order valence-corrected chi connectivity index (χ3v) is 2.48. The van der Waals surface area contributed by atoms with Gasteiger partial charge in [-0.05, 0) is 19.1 Å². The lowest BCUT2D eigenvalue weighted by atomic mass is 10.1. The summed E-state index contributed by atoms with van der Waals surface area (Å²) in [6.07, 6.45) is 5.03. The molecule has 0 aliphatic carbocycles. The minimum atomic E-state index is -0.394. The highest BCUT2D eigenvalue weighted by atomic mass is 16.6. The van der Waals surface area contributed by atoms with E-state index in [1.54, 1.807) is 35.4 Å². The number of nitro benzene ring substituents is 1. The first-order chi connectivity index (χ1) is 8.70. The van der Waals surface area contributed by atoms with Gasteiger partial charge in [-0.15, -0.1) is 0 Å². The second kappa shape index (κ2) is 5.31. The summed E-state index contributed by atoms with van der Waals surface area (Å²) in [5.41, 5.74) is 0.691. The molecule has 0 aliphatic rings. The summed E-state index contributed by atoms with van der Waals surface area (Å²) in [7, 11) is 0. The fraction of sp³-hybridized carbons (Fsp3) is 0.250. The summed E-state index contributed by atoms with van der Waals surface area (Å²) < 4.78 is 7.04. The maximum atomic E-state index is 11.0. The molecule has 0 bridgehead atoms. The van der Waals surface area contributed by atoms with Gasteiger partial charge in [-0.25, -0.2) is 4.98 Å². The standard InChI is InChI=1S/C12H13N3O3/c1-2-18-11-4-3-10(12(7-11)15(16)17)8-14-6-5-13-9-14/h3-7,9H,2,8H2,1H3. The van der Waals surface area contributed by atoms with Crippen molar-refractivity contribution in [2.45, 2.75) is 13.5 Å². The minimum absolute atomic E-state index is 0.0645. The van der Waals surface area contributed by atoms with Crippen molar-refractivity contribution in [2.75, 3.05) is 6.61 Å². The number of nitrogens with zero attached hydrogens (tertiary/aromatic N) is 3. The van der Waals surface area contributed by atoms with Crippen LogP contribution in [0.1, 0.15) is 12.5 Å². The van der Waals surface area contributed by atoms with E-state index in [-0.39, 0.29) is 5.69 Å². The van der Waals surface area contributed by atoms with Crippen LogP contribution >= 0.6 is 0 Å². The van der Waals surface area contributed by atoms with E-state index in [1.165, 1.54) is 6.07 Å². The Morgan fingerprint density at radius 3 is 2.94 bits per heavy atom. The molecule has 0 aliphatic heterocycles. The van der Waals surface area contributed by atoms with E-state index in [2.05, 4.69) is 4.98 Å². The van der Waals surface area contributed by atoms with Gasteiger partial charge >= 0.3 is 0 Å². The van der Waals surface area contributed by atoms with Crippen LogP contribution in [0.2, 0.25) is 0 Å². The second-order valence-corrected chi connectivity index (χ2v) is 3.72. The number of imidazole rings is 1. The van der Waals surface area contributed by atoms with E-state index < -0.39 is 4.92 Å². The van der Waals surface area contributed by atoms with Crippen LogP contribution in [0.3, 0.4) is 0 Å². The summed E-state index contributed by atoms with van der Waals surface area (Å²) in [5.74, 6) is 0.513. The van der Waals surface area contributed by atoms with Gasteiger partial charge in [-0.2, -0.15) is 0 Å². The number of hydrogen-bond donors (Lipinski definition) is 0. The van der Waals surface area contributed by atoms with Gasteiger partial charge in [-0.1, -0.05) is 0 Å². The fourth-order valence-corrected chi connectivity index (χ4v) is 1.68. The van der Waals surface area contributed by atoms with Gasteiger partial charge in [0.25, 0.3) is 5.69 Å². The first-order valence-corrected chi connectivity index (χ1v) is 5.56. The van der Waals surface area contributed by atoms with Gasteiger partial charge in [0, 0.05) is 18.0 Å². The highest BCUT2D eigenvalue weighted by Gasteiger charge is 2.15. The van der Waals surface area contributed by atoms with Crippen molar-refractivity contribution in [1.29, 1.82) is 0 Å². The Morgan fingerprint density at radius 1 is 1.50 bits per heavy atom. The molecule has 0 saturated carbocycles. The van der Waals surface area contributed by atoms with E-state index in [1.807, 2.05) is 6.92 Å². The molecule has 0 saturated heterocycles. The summed E-state index contributed by atoms with van der Waals surface area (Å²) in [6, 6.07) is 4.90. The second-order valence-electron chi connectivity index (χ2n) is 3.72. The molecule has 0 fully saturated rings. The van der Waals surface area contributed by atoms with Crippen molar-refractivity contribution in [2.24, 2.45) is 0 Å². The Labute approximate surface area is 104 Å². The van der Waals surface area contributed by atoms with Crippen LogP contribution in [0.5, 0.6) is 5.75 Å². The van der Waals surface area contributed by atoms with Crippen LogP contribution in [0.4, 0.5) is 5.69 Å². The normalized spacial score (nSPS) is 10.3. The quantitative estimate of drug-likeness (QED) is 0.600. The molecule has 6 nitrogen and oxygen atoms in total. The molecular weight excluding hydrogens is 234 g/mol. The van der Waals surface area contributed by atoms with Gasteiger partial charge in [-0.3, -0.25) is 10.1 Å². The molecule has 18 heavy (non-hydrogen) atoms. The average molecular weight is 247 g/mol. The predicted octanol–water partition coefficient (Wildman–Crippen LogP) is 2.24. The lowest BCUT2D eigenvalue weighted by Crippen LogP contribution is -2.02. The first-order valence-electron chi connectivity index (χ1n) is 5.56. The highest BCUT2D eigenvalue weighted by Crippen LogP contribution is 2.25. The molecule has 1 aromatic carbocycles. The molecule has 0 unspecified atom stereocenters. The zero-order chi connectivity index (χ0) is 13.0. The number of ether oxygens (including phenoxy) is 1. The van der Waals surface area contributed by atoms with E-state index in [0.29, 0.717) is 24.5 Å². The number of nitro groups is 1. The Hall–Kier alpha value is -2.37. The van der Waals surface area contributed by atoms with Crippen molar-refractivity contribution in [3.05, 3.63) is 52.6 Å². The monoisotopic (exact) mass is 247 g/mol. The van der Waals surface area contributed by atoms with Crippen molar-refractivity contribution < 1.29 is 9.66 Å². The Bertz CT molecular complexity index is 538. The molecule has 0 spiro atoms. The van der Waals surface area contributed by atoms with Crippen LogP contribution in [0, 0.1) is 10.1 Å². The van der Waals surface area contributed by atoms with E-state index >= 15 is 0 Å². The lowest BCUT2D eigenvalue weighted by Gasteiger charge is -2.07. The van der Waals surface area contributed by atoms with Crippen molar-refractivity contribution >= 4 is 5.69 Å². The predicted molar refractivity (Wildman–Crippen MR) is 65.6 cm³/mol. The molecule has 0 atom stereocenters. The van der Waals surface area contributed by atoms with Gasteiger partial charge in [0.1, 0.15) is 5.75 Å². The first kappa shape index (κ1) is 12.1. The van der Waals surface area contributed by atoms with Crippen LogP contribution in [0.15, 0.2) is 36.9 Å². The average Bonchev–Trinajstić information content (AvgIpc) is 2.84. The van der Waals surface area contributed by atoms with E-state index in [9.17, 15) is 10.1 Å². The van der Waals surface area contributed by atoms with Gasteiger partial charge < -0.3 is 9.30 Å². The molecule has 0 N–H and O–H groups in total. The molecule has 94 valence electrons. The lowest BCUT2D eigenvalue weighted by molar-refractivity contribution is -0.385. The van der Waals surface area contributed by atoms with Crippen LogP contribution in [0.25, 0.3) is 0 Å². The maximum absolute atomic E-state index is 11.0. The summed E-state index contributed by atoms with van der Waals surface area (Å²) in [4.78, 5) is 14.5. The van der Waals surface area contributed by atoms with E-state index in [0.717, 1.165) is 0 Å². The van der Waals surface area contributed by atoms with Crippen molar-refractivity contribution in [1.82, 2.24) is 9.55 Å². The summed E-state index contributed by atoms with van der Waals surface area (Å²) >= 11 is 0. The highest BCUT2D eigenvalue weighted by molar-refractivity contribution is 5.46. The number of benzene rings is 1. The van der Waals surface area contributed by atoms with Gasteiger partial charge in [0.05, 0.1) is 30.5 Å². The molecule has 6 heteroatoms. The van der Waals surface area contributed by atoms with Crippen molar-refractivity contribution in [3.63, 3.8) is 0 Å². The number of rotatable bonds is 5. The number of aromatic nitrogens is 2. The molecule has 0 radical (unpaired) electrons. The smallest absolute Gasteiger partial charge is 0.278 e. The van der Waals surface area contributed by atoms with Crippen LogP contribution in [-0.4, -0.2) is 21.1 Å². The Morgan fingerprint density at radius 2 is 2.33 bits per heavy atom. The van der Waals surface area contributed by atoms with Gasteiger partial charge in [0.15, 0.2) is 0 Å². The maximum Gasteiger partial charge on any atom is 0.278 e. The Balaban J connectivity index is 2.31.